The van der Waals surface area contributed by atoms with E-state index in [0.29, 0.717) is 11.5 Å². The number of nitrogens with one attached hydrogen (secondary N) is 2. The smallest absolute Gasteiger partial charge is 0.272 e. The van der Waals surface area contributed by atoms with Crippen LogP contribution < -0.4 is 10.6 Å². The fourth-order valence-electron chi connectivity index (χ4n) is 2.51. The van der Waals surface area contributed by atoms with Gasteiger partial charge in [-0.25, -0.2) is 0 Å². The van der Waals surface area contributed by atoms with Crippen LogP contribution in [-0.2, 0) is 12.8 Å². The van der Waals surface area contributed by atoms with Crippen LogP contribution in [-0.4, -0.2) is 29.2 Å². The standard InChI is InChI=1S/C15H16N4O/c1-16-14-7-6-13(18-19-14)15(20)17-12-8-10-4-2-3-5-11(10)9-12/h2-7,12H,8-9H2,1H3,(H,16,19)(H,17,20). The van der Waals surface area contributed by atoms with Crippen LogP contribution in [0.4, 0.5) is 5.82 Å². The highest BCUT2D eigenvalue weighted by molar-refractivity contribution is 5.92. The van der Waals surface area contributed by atoms with E-state index in [4.69, 9.17) is 0 Å². The minimum atomic E-state index is -0.169. The number of rotatable bonds is 3. The summed E-state index contributed by atoms with van der Waals surface area (Å²) in [5.41, 5.74) is 2.98. The van der Waals surface area contributed by atoms with Crippen molar-refractivity contribution in [2.24, 2.45) is 0 Å². The molecule has 0 saturated heterocycles. The molecule has 5 nitrogen and oxygen atoms in total. The maximum absolute atomic E-state index is 12.1. The first-order valence-corrected chi connectivity index (χ1v) is 6.65. The number of nitrogens with zero attached hydrogens (tertiary/aromatic N) is 2. The van der Waals surface area contributed by atoms with E-state index < -0.39 is 0 Å². The number of amides is 1. The Morgan fingerprint density at radius 1 is 1.10 bits per heavy atom. The van der Waals surface area contributed by atoms with Crippen LogP contribution in [0.15, 0.2) is 36.4 Å². The van der Waals surface area contributed by atoms with E-state index in [0.717, 1.165) is 12.8 Å². The summed E-state index contributed by atoms with van der Waals surface area (Å²) in [6, 6.07) is 11.9. The van der Waals surface area contributed by atoms with E-state index in [2.05, 4.69) is 33.0 Å². The molecule has 0 bridgehead atoms. The first kappa shape index (κ1) is 12.6. The van der Waals surface area contributed by atoms with Crippen LogP contribution in [0.5, 0.6) is 0 Å². The molecule has 1 heterocycles. The summed E-state index contributed by atoms with van der Waals surface area (Å²) in [6.45, 7) is 0. The van der Waals surface area contributed by atoms with Gasteiger partial charge in [0.1, 0.15) is 5.82 Å². The van der Waals surface area contributed by atoms with Crippen molar-refractivity contribution in [2.45, 2.75) is 18.9 Å². The topological polar surface area (TPSA) is 66.9 Å². The second-order valence-electron chi connectivity index (χ2n) is 4.90. The van der Waals surface area contributed by atoms with Gasteiger partial charge in [0.15, 0.2) is 5.69 Å². The third kappa shape index (κ3) is 2.47. The monoisotopic (exact) mass is 268 g/mol. The fourth-order valence-corrected chi connectivity index (χ4v) is 2.51. The second kappa shape index (κ2) is 5.28. The van der Waals surface area contributed by atoms with Crippen LogP contribution in [0.3, 0.4) is 0 Å². The van der Waals surface area contributed by atoms with Crippen LogP contribution in [0.25, 0.3) is 0 Å². The molecule has 2 N–H and O–H groups in total. The molecule has 0 fully saturated rings. The lowest BCUT2D eigenvalue weighted by atomic mass is 10.1. The predicted molar refractivity (Wildman–Crippen MR) is 76.7 cm³/mol. The molecule has 1 aromatic heterocycles. The maximum Gasteiger partial charge on any atom is 0.272 e. The third-order valence-corrected chi connectivity index (χ3v) is 3.54. The Morgan fingerprint density at radius 3 is 2.35 bits per heavy atom. The molecule has 0 radical (unpaired) electrons. The van der Waals surface area contributed by atoms with Crippen LogP contribution in [0.2, 0.25) is 0 Å². The summed E-state index contributed by atoms with van der Waals surface area (Å²) in [7, 11) is 1.76. The summed E-state index contributed by atoms with van der Waals surface area (Å²) in [5, 5.41) is 13.7. The SMILES string of the molecule is CNc1ccc(C(=O)NC2Cc3ccccc3C2)nn1. The zero-order chi connectivity index (χ0) is 13.9. The second-order valence-corrected chi connectivity index (χ2v) is 4.90. The Balaban J connectivity index is 1.65. The number of anilines is 1. The van der Waals surface area contributed by atoms with Crippen molar-refractivity contribution in [2.75, 3.05) is 12.4 Å². The quantitative estimate of drug-likeness (QED) is 0.883. The molecular weight excluding hydrogens is 252 g/mol. The Labute approximate surface area is 117 Å². The fraction of sp³-hybridized carbons (Fsp3) is 0.267. The Morgan fingerprint density at radius 2 is 1.80 bits per heavy atom. The molecule has 1 aromatic carbocycles. The minimum Gasteiger partial charge on any atom is -0.372 e. The van der Waals surface area contributed by atoms with Crippen molar-refractivity contribution in [3.63, 3.8) is 0 Å². The lowest BCUT2D eigenvalue weighted by Gasteiger charge is -2.11. The number of benzene rings is 1. The summed E-state index contributed by atoms with van der Waals surface area (Å²) < 4.78 is 0. The molecule has 0 unspecified atom stereocenters. The van der Waals surface area contributed by atoms with E-state index in [1.54, 1.807) is 19.2 Å². The zero-order valence-electron chi connectivity index (χ0n) is 11.3. The van der Waals surface area contributed by atoms with Crippen LogP contribution in [0.1, 0.15) is 21.6 Å². The van der Waals surface area contributed by atoms with Crippen LogP contribution in [0, 0.1) is 0 Å². The highest BCUT2D eigenvalue weighted by Crippen LogP contribution is 2.21. The number of carbonyl (C=O) groups is 1. The lowest BCUT2D eigenvalue weighted by Crippen LogP contribution is -2.35. The highest BCUT2D eigenvalue weighted by atomic mass is 16.2. The molecule has 2 aromatic rings. The van der Waals surface area contributed by atoms with E-state index in [1.165, 1.54) is 11.1 Å². The maximum atomic E-state index is 12.1. The van der Waals surface area contributed by atoms with Gasteiger partial charge in [0.05, 0.1) is 0 Å². The van der Waals surface area contributed by atoms with E-state index in [1.807, 2.05) is 12.1 Å². The average Bonchev–Trinajstić information content (AvgIpc) is 2.89. The molecule has 1 amide bonds. The van der Waals surface area contributed by atoms with Gasteiger partial charge in [-0.3, -0.25) is 4.79 Å². The van der Waals surface area contributed by atoms with Gasteiger partial charge in [-0.05, 0) is 36.1 Å². The molecular formula is C15H16N4O. The minimum absolute atomic E-state index is 0.144. The number of hydrogen-bond donors (Lipinski definition) is 2. The van der Waals surface area contributed by atoms with Crippen molar-refractivity contribution in [1.29, 1.82) is 0 Å². The number of hydrogen-bond acceptors (Lipinski definition) is 4. The zero-order valence-corrected chi connectivity index (χ0v) is 11.3. The number of fused-ring (bicyclic) bond motifs is 1. The third-order valence-electron chi connectivity index (χ3n) is 3.54. The van der Waals surface area contributed by atoms with Crippen molar-refractivity contribution in [1.82, 2.24) is 15.5 Å². The van der Waals surface area contributed by atoms with Gasteiger partial charge in [-0.15, -0.1) is 10.2 Å². The van der Waals surface area contributed by atoms with Gasteiger partial charge in [0.25, 0.3) is 5.91 Å². The lowest BCUT2D eigenvalue weighted by molar-refractivity contribution is 0.0932. The molecule has 0 aliphatic heterocycles. The van der Waals surface area contributed by atoms with Crippen molar-refractivity contribution in [3.8, 4) is 0 Å². The summed E-state index contributed by atoms with van der Waals surface area (Å²) >= 11 is 0. The Hall–Kier alpha value is -2.43. The average molecular weight is 268 g/mol. The largest absolute Gasteiger partial charge is 0.372 e. The molecule has 0 atom stereocenters. The Bertz CT molecular complexity index is 599. The molecule has 3 rings (SSSR count). The molecule has 20 heavy (non-hydrogen) atoms. The van der Waals surface area contributed by atoms with E-state index in [9.17, 15) is 4.79 Å². The van der Waals surface area contributed by atoms with Gasteiger partial charge in [-0.1, -0.05) is 24.3 Å². The van der Waals surface area contributed by atoms with Gasteiger partial charge in [0.2, 0.25) is 0 Å². The van der Waals surface area contributed by atoms with E-state index >= 15 is 0 Å². The molecule has 0 saturated carbocycles. The molecule has 102 valence electrons. The number of carbonyl (C=O) groups excluding carboxylic acids is 1. The van der Waals surface area contributed by atoms with Gasteiger partial charge in [-0.2, -0.15) is 0 Å². The summed E-state index contributed by atoms with van der Waals surface area (Å²) in [4.78, 5) is 12.1. The normalized spacial score (nSPS) is 13.8. The van der Waals surface area contributed by atoms with Gasteiger partial charge < -0.3 is 10.6 Å². The first-order chi connectivity index (χ1) is 9.76. The van der Waals surface area contributed by atoms with Crippen molar-refractivity contribution in [3.05, 3.63) is 53.2 Å². The molecule has 0 spiro atoms. The highest BCUT2D eigenvalue weighted by Gasteiger charge is 2.23. The predicted octanol–water partition coefficient (Wildman–Crippen LogP) is 1.42. The summed E-state index contributed by atoms with van der Waals surface area (Å²) in [5.74, 6) is 0.479. The molecule has 1 aliphatic rings. The van der Waals surface area contributed by atoms with Crippen molar-refractivity contribution >= 4 is 11.7 Å². The van der Waals surface area contributed by atoms with Crippen LogP contribution >= 0.6 is 0 Å². The van der Waals surface area contributed by atoms with E-state index in [-0.39, 0.29) is 11.9 Å². The van der Waals surface area contributed by atoms with Gasteiger partial charge >= 0.3 is 0 Å². The number of aromatic nitrogens is 2. The Kier molecular flexibility index (Phi) is 3.33. The molecule has 1 aliphatic carbocycles. The van der Waals surface area contributed by atoms with Crippen molar-refractivity contribution < 1.29 is 4.79 Å². The van der Waals surface area contributed by atoms with Gasteiger partial charge in [0, 0.05) is 13.1 Å². The molecule has 5 heteroatoms. The first-order valence-electron chi connectivity index (χ1n) is 6.65. The summed E-state index contributed by atoms with van der Waals surface area (Å²) in [6.07, 6.45) is 1.76.